The molecular formula is C16H22FNO2. The van der Waals surface area contributed by atoms with Crippen LogP contribution in [0.15, 0.2) is 28.7 Å². The normalized spacial score (nSPS) is 14.6. The maximum absolute atomic E-state index is 13.7. The zero-order valence-electron chi connectivity index (χ0n) is 12.3. The zero-order valence-corrected chi connectivity index (χ0v) is 12.3. The van der Waals surface area contributed by atoms with Gasteiger partial charge in [-0.15, -0.1) is 0 Å². The molecule has 1 aromatic carbocycles. The number of ether oxygens (including phenoxy) is 1. The zero-order chi connectivity index (χ0) is 14.5. The van der Waals surface area contributed by atoms with Gasteiger partial charge in [0.15, 0.2) is 11.4 Å². The fraction of sp³-hybridized carbons (Fsp3) is 0.500. The molecular weight excluding hydrogens is 257 g/mol. The van der Waals surface area contributed by atoms with Gasteiger partial charge in [0.1, 0.15) is 5.76 Å². The first-order chi connectivity index (χ1) is 9.71. The lowest BCUT2D eigenvalue weighted by Crippen LogP contribution is -2.33. The SMILES string of the molecule is CCNC(c1cc2cccc(F)c2o1)C(CC)OCC. The lowest BCUT2D eigenvalue weighted by molar-refractivity contribution is 0.0266. The van der Waals surface area contributed by atoms with Gasteiger partial charge in [0.05, 0.1) is 12.1 Å². The molecule has 0 saturated carbocycles. The minimum atomic E-state index is -0.326. The third-order valence-corrected chi connectivity index (χ3v) is 3.40. The molecule has 0 aliphatic rings. The van der Waals surface area contributed by atoms with Crippen molar-refractivity contribution in [3.63, 3.8) is 0 Å². The molecule has 0 amide bonds. The Morgan fingerprint density at radius 1 is 1.30 bits per heavy atom. The van der Waals surface area contributed by atoms with Gasteiger partial charge in [-0.1, -0.05) is 26.0 Å². The number of furan rings is 1. The highest BCUT2D eigenvalue weighted by molar-refractivity contribution is 5.78. The van der Waals surface area contributed by atoms with E-state index >= 15 is 0 Å². The average molecular weight is 279 g/mol. The highest BCUT2D eigenvalue weighted by Crippen LogP contribution is 2.29. The van der Waals surface area contributed by atoms with Crippen LogP contribution in [0.4, 0.5) is 4.39 Å². The molecule has 0 saturated heterocycles. The van der Waals surface area contributed by atoms with Crippen LogP contribution >= 0.6 is 0 Å². The molecule has 2 aromatic rings. The molecule has 3 nitrogen and oxygen atoms in total. The van der Waals surface area contributed by atoms with Crippen molar-refractivity contribution in [3.8, 4) is 0 Å². The molecule has 0 radical (unpaired) electrons. The maximum Gasteiger partial charge on any atom is 0.169 e. The van der Waals surface area contributed by atoms with Gasteiger partial charge in [0.25, 0.3) is 0 Å². The molecule has 1 heterocycles. The van der Waals surface area contributed by atoms with E-state index in [-0.39, 0.29) is 18.0 Å². The second-order valence-corrected chi connectivity index (χ2v) is 4.74. The van der Waals surface area contributed by atoms with Gasteiger partial charge < -0.3 is 14.5 Å². The highest BCUT2D eigenvalue weighted by atomic mass is 19.1. The average Bonchev–Trinajstić information content (AvgIpc) is 2.88. The van der Waals surface area contributed by atoms with Crippen LogP contribution in [0.1, 0.15) is 39.0 Å². The van der Waals surface area contributed by atoms with Crippen LogP contribution in [-0.2, 0) is 4.74 Å². The van der Waals surface area contributed by atoms with Crippen molar-refractivity contribution in [3.05, 3.63) is 35.8 Å². The van der Waals surface area contributed by atoms with E-state index < -0.39 is 0 Å². The number of hydrogen-bond acceptors (Lipinski definition) is 3. The smallest absolute Gasteiger partial charge is 0.169 e. The summed E-state index contributed by atoms with van der Waals surface area (Å²) in [7, 11) is 0. The molecule has 2 rings (SSSR count). The fourth-order valence-corrected chi connectivity index (χ4v) is 2.50. The molecule has 0 spiro atoms. The summed E-state index contributed by atoms with van der Waals surface area (Å²) in [4.78, 5) is 0. The van der Waals surface area contributed by atoms with Gasteiger partial charge in [0.2, 0.25) is 0 Å². The van der Waals surface area contributed by atoms with Gasteiger partial charge in [-0.25, -0.2) is 4.39 Å². The number of likely N-dealkylation sites (N-methyl/N-ethyl adjacent to an activating group) is 1. The van der Waals surface area contributed by atoms with Crippen LogP contribution < -0.4 is 5.32 Å². The first-order valence-electron chi connectivity index (χ1n) is 7.24. The summed E-state index contributed by atoms with van der Waals surface area (Å²) >= 11 is 0. The first kappa shape index (κ1) is 15.0. The molecule has 2 unspecified atom stereocenters. The Morgan fingerprint density at radius 3 is 2.70 bits per heavy atom. The number of hydrogen-bond donors (Lipinski definition) is 1. The third-order valence-electron chi connectivity index (χ3n) is 3.40. The van der Waals surface area contributed by atoms with Crippen LogP contribution in [0.5, 0.6) is 0 Å². The van der Waals surface area contributed by atoms with Gasteiger partial charge in [-0.2, -0.15) is 0 Å². The predicted molar refractivity (Wildman–Crippen MR) is 78.3 cm³/mol. The van der Waals surface area contributed by atoms with E-state index in [4.69, 9.17) is 9.15 Å². The van der Waals surface area contributed by atoms with Crippen LogP contribution in [0.25, 0.3) is 11.0 Å². The Labute approximate surface area is 119 Å². The van der Waals surface area contributed by atoms with Crippen LogP contribution in [-0.4, -0.2) is 19.3 Å². The van der Waals surface area contributed by atoms with Gasteiger partial charge in [-0.3, -0.25) is 0 Å². The summed E-state index contributed by atoms with van der Waals surface area (Å²) in [5.74, 6) is 0.403. The van der Waals surface area contributed by atoms with E-state index in [1.54, 1.807) is 6.07 Å². The van der Waals surface area contributed by atoms with Crippen LogP contribution in [0.2, 0.25) is 0 Å². The number of benzene rings is 1. The van der Waals surface area contributed by atoms with Crippen molar-refractivity contribution >= 4 is 11.0 Å². The number of nitrogens with one attached hydrogen (secondary N) is 1. The van der Waals surface area contributed by atoms with Crippen molar-refractivity contribution in [2.24, 2.45) is 0 Å². The largest absolute Gasteiger partial charge is 0.456 e. The van der Waals surface area contributed by atoms with Crippen LogP contribution in [0.3, 0.4) is 0 Å². The topological polar surface area (TPSA) is 34.4 Å². The first-order valence-corrected chi connectivity index (χ1v) is 7.24. The maximum atomic E-state index is 13.7. The molecule has 20 heavy (non-hydrogen) atoms. The summed E-state index contributed by atoms with van der Waals surface area (Å²) in [6.07, 6.45) is 0.883. The number of fused-ring (bicyclic) bond motifs is 1. The molecule has 0 aliphatic heterocycles. The quantitative estimate of drug-likeness (QED) is 0.830. The van der Waals surface area contributed by atoms with Crippen molar-refractivity contribution < 1.29 is 13.5 Å². The Morgan fingerprint density at radius 2 is 2.10 bits per heavy atom. The fourth-order valence-electron chi connectivity index (χ4n) is 2.50. The molecule has 1 aromatic heterocycles. The third kappa shape index (κ3) is 3.02. The number of rotatable bonds is 7. The summed E-state index contributed by atoms with van der Waals surface area (Å²) in [5.41, 5.74) is 0.316. The molecule has 0 bridgehead atoms. The van der Waals surface area contributed by atoms with Crippen molar-refractivity contribution in [2.75, 3.05) is 13.2 Å². The van der Waals surface area contributed by atoms with E-state index in [0.717, 1.165) is 24.1 Å². The van der Waals surface area contributed by atoms with E-state index in [1.807, 2.05) is 26.0 Å². The van der Waals surface area contributed by atoms with E-state index in [0.29, 0.717) is 12.2 Å². The van der Waals surface area contributed by atoms with Crippen molar-refractivity contribution in [1.29, 1.82) is 0 Å². The van der Waals surface area contributed by atoms with Crippen LogP contribution in [0, 0.1) is 5.82 Å². The van der Waals surface area contributed by atoms with E-state index in [1.165, 1.54) is 6.07 Å². The summed E-state index contributed by atoms with van der Waals surface area (Å²) < 4.78 is 25.2. The summed E-state index contributed by atoms with van der Waals surface area (Å²) in [6.45, 7) is 7.54. The highest BCUT2D eigenvalue weighted by Gasteiger charge is 2.25. The molecule has 0 aliphatic carbocycles. The number of para-hydroxylation sites is 1. The molecule has 1 N–H and O–H groups in total. The lowest BCUT2D eigenvalue weighted by Gasteiger charge is -2.25. The van der Waals surface area contributed by atoms with Gasteiger partial charge in [-0.05, 0) is 32.0 Å². The minimum Gasteiger partial charge on any atom is -0.456 e. The van der Waals surface area contributed by atoms with Gasteiger partial charge in [0, 0.05) is 12.0 Å². The Balaban J connectivity index is 2.37. The van der Waals surface area contributed by atoms with Gasteiger partial charge >= 0.3 is 0 Å². The number of halogens is 1. The molecule has 110 valence electrons. The second kappa shape index (κ2) is 6.86. The molecule has 2 atom stereocenters. The van der Waals surface area contributed by atoms with E-state index in [2.05, 4.69) is 12.2 Å². The molecule has 4 heteroatoms. The monoisotopic (exact) mass is 279 g/mol. The second-order valence-electron chi connectivity index (χ2n) is 4.74. The van der Waals surface area contributed by atoms with Crippen molar-refractivity contribution in [2.45, 2.75) is 39.3 Å². The standard InChI is InChI=1S/C16H22FNO2/c1-4-13(19-6-3)15(18-5-2)14-10-11-8-7-9-12(17)16(11)20-14/h7-10,13,15,18H,4-6H2,1-3H3. The Bertz CT molecular complexity index is 552. The Kier molecular flexibility index (Phi) is 5.15. The Hall–Kier alpha value is -1.39. The molecule has 0 fully saturated rings. The van der Waals surface area contributed by atoms with E-state index in [9.17, 15) is 4.39 Å². The predicted octanol–water partition coefficient (Wildman–Crippen LogP) is 4.04. The minimum absolute atomic E-state index is 0.0172. The summed E-state index contributed by atoms with van der Waals surface area (Å²) in [5, 5.41) is 4.16. The van der Waals surface area contributed by atoms with Crippen molar-refractivity contribution in [1.82, 2.24) is 5.32 Å². The lowest BCUT2D eigenvalue weighted by atomic mass is 10.1. The summed E-state index contributed by atoms with van der Waals surface area (Å²) in [6, 6.07) is 6.80.